The summed E-state index contributed by atoms with van der Waals surface area (Å²) in [6.45, 7) is 25.8. The highest BCUT2D eigenvalue weighted by Crippen LogP contribution is 2.56. The van der Waals surface area contributed by atoms with Gasteiger partial charge in [-0.3, -0.25) is 0 Å². The maximum absolute atomic E-state index is 4.37. The first kappa shape index (κ1) is 20.1. The molecule has 1 aliphatic carbocycles. The fourth-order valence-electron chi connectivity index (χ4n) is 4.01. The minimum atomic E-state index is 0.214. The first-order valence-electron chi connectivity index (χ1n) is 9.15. The Morgan fingerprint density at radius 3 is 2.09 bits per heavy atom. The van der Waals surface area contributed by atoms with Gasteiger partial charge in [0, 0.05) is 5.25 Å². The predicted octanol–water partition coefficient (Wildman–Crippen LogP) is 7.55. The van der Waals surface area contributed by atoms with Gasteiger partial charge in [0.15, 0.2) is 0 Å². The van der Waals surface area contributed by atoms with E-state index in [0.717, 1.165) is 17.1 Å². The average molecular weight is 325 g/mol. The number of hydrogen-bond acceptors (Lipinski definition) is 1. The van der Waals surface area contributed by atoms with Gasteiger partial charge >= 0.3 is 0 Å². The van der Waals surface area contributed by atoms with Crippen molar-refractivity contribution in [2.24, 2.45) is 28.1 Å². The molecule has 0 heterocycles. The Morgan fingerprint density at radius 2 is 1.68 bits per heavy atom. The lowest BCUT2D eigenvalue weighted by molar-refractivity contribution is 0.136. The van der Waals surface area contributed by atoms with Crippen LogP contribution < -0.4 is 0 Å². The van der Waals surface area contributed by atoms with Gasteiger partial charge in [-0.05, 0) is 58.7 Å². The van der Waals surface area contributed by atoms with Gasteiger partial charge in [-0.25, -0.2) is 0 Å². The van der Waals surface area contributed by atoms with Crippen LogP contribution in [0.5, 0.6) is 0 Å². The number of rotatable bonds is 5. The van der Waals surface area contributed by atoms with Crippen LogP contribution in [0.15, 0.2) is 11.5 Å². The van der Waals surface area contributed by atoms with Crippen LogP contribution >= 0.6 is 11.8 Å². The Hall–Kier alpha value is 0.0900. The largest absolute Gasteiger partial charge is 0.127 e. The summed E-state index contributed by atoms with van der Waals surface area (Å²) in [6, 6.07) is 0. The zero-order chi connectivity index (χ0) is 17.3. The molecule has 22 heavy (non-hydrogen) atoms. The van der Waals surface area contributed by atoms with E-state index in [1.165, 1.54) is 30.6 Å². The first-order chi connectivity index (χ1) is 9.79. The molecule has 0 aromatic rings. The lowest BCUT2D eigenvalue weighted by Gasteiger charge is -2.40. The first-order valence-corrected chi connectivity index (χ1v) is 10.0. The van der Waals surface area contributed by atoms with Gasteiger partial charge in [0.1, 0.15) is 0 Å². The molecule has 0 radical (unpaired) electrons. The molecule has 0 aliphatic heterocycles. The smallest absolute Gasteiger partial charge is 0.0122 e. The van der Waals surface area contributed by atoms with Crippen LogP contribution in [-0.2, 0) is 0 Å². The average Bonchev–Trinajstić information content (AvgIpc) is 2.59. The third-order valence-electron chi connectivity index (χ3n) is 5.67. The fraction of sp³-hybridized carbons (Fsp3) is 0.905. The van der Waals surface area contributed by atoms with Crippen molar-refractivity contribution in [2.45, 2.75) is 93.2 Å². The van der Waals surface area contributed by atoms with Crippen LogP contribution in [0.1, 0.15) is 88.0 Å². The predicted molar refractivity (Wildman–Crippen MR) is 104 cm³/mol. The lowest BCUT2D eigenvalue weighted by atomic mass is 9.69. The molecule has 3 atom stereocenters. The topological polar surface area (TPSA) is 0 Å². The molecule has 0 spiro atoms. The monoisotopic (exact) mass is 324 g/mol. The van der Waals surface area contributed by atoms with Gasteiger partial charge in [0.05, 0.1) is 0 Å². The van der Waals surface area contributed by atoms with E-state index in [4.69, 9.17) is 0 Å². The third kappa shape index (κ3) is 5.05. The van der Waals surface area contributed by atoms with Crippen molar-refractivity contribution in [3.05, 3.63) is 11.5 Å². The molecule has 0 N–H and O–H groups in total. The molecule has 1 rings (SSSR count). The summed E-state index contributed by atoms with van der Waals surface area (Å²) in [6.07, 6.45) is 5.43. The van der Waals surface area contributed by atoms with E-state index in [-0.39, 0.29) is 5.41 Å². The van der Waals surface area contributed by atoms with Gasteiger partial charge in [-0.2, -0.15) is 0 Å². The van der Waals surface area contributed by atoms with Crippen molar-refractivity contribution < 1.29 is 0 Å². The summed E-state index contributed by atoms with van der Waals surface area (Å²) < 4.78 is 0. The summed E-state index contributed by atoms with van der Waals surface area (Å²) in [5, 5.41) is 0.728. The van der Waals surface area contributed by atoms with Crippen LogP contribution in [0.25, 0.3) is 0 Å². The number of thioether (sulfide) groups is 1. The quantitative estimate of drug-likeness (QED) is 0.503. The van der Waals surface area contributed by atoms with E-state index < -0.39 is 0 Å². The van der Waals surface area contributed by atoms with Crippen LogP contribution in [0, 0.1) is 28.1 Å². The van der Waals surface area contributed by atoms with Gasteiger partial charge < -0.3 is 0 Å². The molecular weight excluding hydrogens is 284 g/mol. The molecular formula is C21H40S. The minimum absolute atomic E-state index is 0.214. The second-order valence-electron chi connectivity index (χ2n) is 10.2. The zero-order valence-corrected chi connectivity index (χ0v) is 17.5. The van der Waals surface area contributed by atoms with Gasteiger partial charge in [-0.15, -0.1) is 11.8 Å². The second-order valence-corrected chi connectivity index (χ2v) is 11.5. The van der Waals surface area contributed by atoms with Crippen molar-refractivity contribution in [1.29, 1.82) is 0 Å². The molecule has 1 heteroatoms. The van der Waals surface area contributed by atoms with Crippen molar-refractivity contribution in [1.82, 2.24) is 0 Å². The van der Waals surface area contributed by atoms with Crippen molar-refractivity contribution >= 4 is 11.8 Å². The Labute approximate surface area is 144 Å². The van der Waals surface area contributed by atoms with Gasteiger partial charge in [-0.1, -0.05) is 68.9 Å². The molecule has 3 unspecified atom stereocenters. The number of hydrogen-bond donors (Lipinski definition) is 0. The summed E-state index contributed by atoms with van der Waals surface area (Å²) >= 11 is 2.08. The summed E-state index contributed by atoms with van der Waals surface area (Å²) in [7, 11) is 0. The highest BCUT2D eigenvalue weighted by molar-refractivity contribution is 8.03. The molecule has 0 nitrogen and oxygen atoms in total. The highest BCUT2D eigenvalue weighted by Gasteiger charge is 2.47. The molecule has 0 saturated heterocycles. The zero-order valence-electron chi connectivity index (χ0n) is 16.7. The van der Waals surface area contributed by atoms with Crippen LogP contribution in [0.2, 0.25) is 0 Å². The maximum Gasteiger partial charge on any atom is 0.0122 e. The highest BCUT2D eigenvalue weighted by atomic mass is 32.2. The molecule has 0 aromatic heterocycles. The van der Waals surface area contributed by atoms with E-state index in [1.54, 1.807) is 0 Å². The van der Waals surface area contributed by atoms with Gasteiger partial charge in [0.2, 0.25) is 0 Å². The Morgan fingerprint density at radius 1 is 1.14 bits per heavy atom. The lowest BCUT2D eigenvalue weighted by Crippen LogP contribution is -2.33. The van der Waals surface area contributed by atoms with Gasteiger partial charge in [0.25, 0.3) is 0 Å². The van der Waals surface area contributed by atoms with E-state index in [0.29, 0.717) is 10.8 Å². The molecule has 1 aliphatic rings. The number of allylic oxidation sites excluding steroid dienone is 1. The Balaban J connectivity index is 2.84. The molecule has 1 saturated carbocycles. The molecule has 0 aromatic carbocycles. The standard InChI is InChI=1S/C21H40S/c1-11-18(22-15(2)20(6,7)8)17-13-12-16(21(17,9)10)14-19(3,4)5/h16-18H,2,11-14H2,1,3-10H3. The summed E-state index contributed by atoms with van der Waals surface area (Å²) in [5.74, 6) is 1.70. The Bertz CT molecular complexity index is 378. The SMILES string of the molecule is C=C(SC(CC)C1CCC(CC(C)(C)C)C1(C)C)C(C)(C)C. The van der Waals surface area contributed by atoms with E-state index in [2.05, 4.69) is 80.7 Å². The molecule has 1 fully saturated rings. The second kappa shape index (κ2) is 6.91. The summed E-state index contributed by atoms with van der Waals surface area (Å²) in [5.41, 5.74) is 1.12. The van der Waals surface area contributed by atoms with Crippen LogP contribution in [-0.4, -0.2) is 5.25 Å². The molecule has 130 valence electrons. The van der Waals surface area contributed by atoms with E-state index in [9.17, 15) is 0 Å². The summed E-state index contributed by atoms with van der Waals surface area (Å²) in [4.78, 5) is 1.36. The third-order valence-corrected chi connectivity index (χ3v) is 7.54. The van der Waals surface area contributed by atoms with Crippen molar-refractivity contribution in [3.8, 4) is 0 Å². The van der Waals surface area contributed by atoms with Crippen molar-refractivity contribution in [3.63, 3.8) is 0 Å². The normalized spacial score (nSPS) is 27.0. The van der Waals surface area contributed by atoms with Crippen LogP contribution in [0.3, 0.4) is 0 Å². The van der Waals surface area contributed by atoms with E-state index >= 15 is 0 Å². The van der Waals surface area contributed by atoms with E-state index in [1.807, 2.05) is 0 Å². The van der Waals surface area contributed by atoms with Crippen LogP contribution in [0.4, 0.5) is 0 Å². The maximum atomic E-state index is 4.37. The minimum Gasteiger partial charge on any atom is -0.127 e. The Kier molecular flexibility index (Phi) is 6.33. The fourth-order valence-corrected chi connectivity index (χ4v) is 5.54. The molecule has 0 bridgehead atoms. The molecule has 0 amide bonds. The van der Waals surface area contributed by atoms with Crippen molar-refractivity contribution in [2.75, 3.05) is 0 Å².